The van der Waals surface area contributed by atoms with Crippen LogP contribution in [0.3, 0.4) is 0 Å². The van der Waals surface area contributed by atoms with E-state index in [0.29, 0.717) is 15.2 Å². The Morgan fingerprint density at radius 3 is 2.74 bits per heavy atom. The lowest BCUT2D eigenvalue weighted by Crippen LogP contribution is -2.13. The van der Waals surface area contributed by atoms with Crippen LogP contribution in [0.25, 0.3) is 0 Å². The van der Waals surface area contributed by atoms with Crippen LogP contribution in [0.15, 0.2) is 40.9 Å². The number of hydrogen-bond donors (Lipinski definition) is 2. The van der Waals surface area contributed by atoms with Crippen LogP contribution in [-0.2, 0) is 0 Å². The van der Waals surface area contributed by atoms with Crippen LogP contribution in [0.1, 0.15) is 10.4 Å². The smallest absolute Gasteiger partial charge is 0.256 e. The first-order chi connectivity index (χ1) is 8.97. The maximum atomic E-state index is 13.2. The van der Waals surface area contributed by atoms with Gasteiger partial charge in [-0.25, -0.2) is 4.39 Å². The number of hydrogen-bond acceptors (Lipinski definition) is 2. The third-order valence-electron chi connectivity index (χ3n) is 2.41. The van der Waals surface area contributed by atoms with Gasteiger partial charge in [-0.3, -0.25) is 4.79 Å². The number of anilines is 2. The molecule has 3 N–H and O–H groups in total. The molecule has 0 aliphatic carbocycles. The highest BCUT2D eigenvalue weighted by molar-refractivity contribution is 9.10. The molecular weight excluding hydrogens is 335 g/mol. The summed E-state index contributed by atoms with van der Waals surface area (Å²) in [5.74, 6) is -0.980. The highest BCUT2D eigenvalue weighted by atomic mass is 79.9. The summed E-state index contributed by atoms with van der Waals surface area (Å²) in [6.45, 7) is 0. The molecule has 0 unspecified atom stereocenters. The lowest BCUT2D eigenvalue weighted by molar-refractivity contribution is 0.102. The van der Waals surface area contributed by atoms with E-state index in [9.17, 15) is 9.18 Å². The van der Waals surface area contributed by atoms with Crippen molar-refractivity contribution in [2.75, 3.05) is 11.1 Å². The summed E-state index contributed by atoms with van der Waals surface area (Å²) in [7, 11) is 0. The number of rotatable bonds is 2. The first-order valence-corrected chi connectivity index (χ1v) is 6.46. The molecule has 0 radical (unpaired) electrons. The van der Waals surface area contributed by atoms with Gasteiger partial charge in [0.25, 0.3) is 5.91 Å². The van der Waals surface area contributed by atoms with E-state index < -0.39 is 11.7 Å². The summed E-state index contributed by atoms with van der Waals surface area (Å²) in [6, 6.07) is 9.15. The normalized spacial score (nSPS) is 10.3. The molecule has 0 aliphatic heterocycles. The molecule has 0 aromatic heterocycles. The van der Waals surface area contributed by atoms with Gasteiger partial charge in [0.15, 0.2) is 0 Å². The summed E-state index contributed by atoms with van der Waals surface area (Å²) in [6.07, 6.45) is 0. The zero-order chi connectivity index (χ0) is 14.0. The highest BCUT2D eigenvalue weighted by Crippen LogP contribution is 2.24. The molecule has 1 amide bonds. The number of nitrogen functional groups attached to an aromatic ring is 1. The molecule has 0 spiro atoms. The van der Waals surface area contributed by atoms with Crippen LogP contribution in [0.2, 0.25) is 5.02 Å². The molecule has 2 rings (SSSR count). The topological polar surface area (TPSA) is 55.1 Å². The Bertz CT molecular complexity index is 649. The zero-order valence-electron chi connectivity index (χ0n) is 9.58. The van der Waals surface area contributed by atoms with E-state index in [1.165, 1.54) is 6.07 Å². The number of amides is 1. The Hall–Kier alpha value is -1.59. The van der Waals surface area contributed by atoms with Gasteiger partial charge in [-0.05, 0) is 46.3 Å². The lowest BCUT2D eigenvalue weighted by atomic mass is 10.1. The fraction of sp³-hybridized carbons (Fsp3) is 0. The first-order valence-electron chi connectivity index (χ1n) is 5.29. The minimum atomic E-state index is -0.578. The van der Waals surface area contributed by atoms with Gasteiger partial charge in [0, 0.05) is 15.2 Å². The van der Waals surface area contributed by atoms with Crippen molar-refractivity contribution in [1.82, 2.24) is 0 Å². The highest BCUT2D eigenvalue weighted by Gasteiger charge is 2.13. The van der Waals surface area contributed by atoms with Crippen molar-refractivity contribution in [1.29, 1.82) is 0 Å². The SMILES string of the molecule is Nc1cc(C(=O)Nc2cccc(Cl)c2)c(Br)cc1F. The van der Waals surface area contributed by atoms with Crippen molar-refractivity contribution < 1.29 is 9.18 Å². The number of nitrogens with one attached hydrogen (secondary N) is 1. The average molecular weight is 344 g/mol. The predicted octanol–water partition coefficient (Wildman–Crippen LogP) is 4.08. The van der Waals surface area contributed by atoms with Crippen LogP contribution in [-0.4, -0.2) is 5.91 Å². The fourth-order valence-electron chi connectivity index (χ4n) is 1.50. The molecule has 3 nitrogen and oxygen atoms in total. The second-order valence-electron chi connectivity index (χ2n) is 3.82. The predicted molar refractivity (Wildman–Crippen MR) is 77.9 cm³/mol. The third-order valence-corrected chi connectivity index (χ3v) is 3.30. The summed E-state index contributed by atoms with van der Waals surface area (Å²) >= 11 is 8.95. The molecule has 6 heteroatoms. The van der Waals surface area contributed by atoms with Gasteiger partial charge in [-0.1, -0.05) is 17.7 Å². The Morgan fingerprint density at radius 1 is 1.32 bits per heavy atom. The number of benzene rings is 2. The number of carbonyl (C=O) groups is 1. The Morgan fingerprint density at radius 2 is 2.05 bits per heavy atom. The lowest BCUT2D eigenvalue weighted by Gasteiger charge is -2.08. The maximum Gasteiger partial charge on any atom is 0.256 e. The van der Waals surface area contributed by atoms with Crippen molar-refractivity contribution in [3.05, 3.63) is 57.3 Å². The number of halogens is 3. The molecule has 2 aromatic rings. The summed E-state index contributed by atoms with van der Waals surface area (Å²) < 4.78 is 13.5. The van der Waals surface area contributed by atoms with E-state index in [2.05, 4.69) is 21.2 Å². The molecular formula is C13H9BrClFN2O. The molecule has 2 aromatic carbocycles. The van der Waals surface area contributed by atoms with Crippen LogP contribution in [0, 0.1) is 5.82 Å². The molecule has 98 valence electrons. The monoisotopic (exact) mass is 342 g/mol. The molecule has 0 atom stereocenters. The molecule has 0 heterocycles. The van der Waals surface area contributed by atoms with Gasteiger partial charge in [-0.2, -0.15) is 0 Å². The van der Waals surface area contributed by atoms with Crippen molar-refractivity contribution in [3.63, 3.8) is 0 Å². The van der Waals surface area contributed by atoms with Crippen molar-refractivity contribution in [2.45, 2.75) is 0 Å². The van der Waals surface area contributed by atoms with E-state index in [-0.39, 0.29) is 11.3 Å². The Labute approximate surface area is 122 Å². The second kappa shape index (κ2) is 5.59. The second-order valence-corrected chi connectivity index (χ2v) is 5.11. The molecule has 19 heavy (non-hydrogen) atoms. The van der Waals surface area contributed by atoms with Gasteiger partial charge >= 0.3 is 0 Å². The van der Waals surface area contributed by atoms with E-state index in [4.69, 9.17) is 17.3 Å². The maximum absolute atomic E-state index is 13.2. The van der Waals surface area contributed by atoms with Crippen molar-refractivity contribution in [3.8, 4) is 0 Å². The summed E-state index contributed by atoms with van der Waals surface area (Å²) in [5, 5.41) is 3.16. The van der Waals surface area contributed by atoms with Crippen LogP contribution >= 0.6 is 27.5 Å². The first kappa shape index (κ1) is 13.8. The number of nitrogens with two attached hydrogens (primary N) is 1. The zero-order valence-corrected chi connectivity index (χ0v) is 11.9. The minimum Gasteiger partial charge on any atom is -0.396 e. The Balaban J connectivity index is 2.28. The fourth-order valence-corrected chi connectivity index (χ4v) is 2.19. The molecule has 0 fully saturated rings. The van der Waals surface area contributed by atoms with E-state index in [1.807, 2.05) is 0 Å². The van der Waals surface area contributed by atoms with Gasteiger partial charge in [-0.15, -0.1) is 0 Å². The summed E-state index contributed by atoms with van der Waals surface area (Å²) in [4.78, 5) is 12.0. The third kappa shape index (κ3) is 3.24. The number of carbonyl (C=O) groups excluding carboxylic acids is 1. The van der Waals surface area contributed by atoms with Gasteiger partial charge in [0.2, 0.25) is 0 Å². The van der Waals surface area contributed by atoms with Crippen molar-refractivity contribution in [2.24, 2.45) is 0 Å². The molecule has 0 aliphatic rings. The van der Waals surface area contributed by atoms with E-state index in [0.717, 1.165) is 6.07 Å². The minimum absolute atomic E-state index is 0.0838. The molecule has 0 bridgehead atoms. The van der Waals surface area contributed by atoms with Gasteiger partial charge in [0.05, 0.1) is 11.3 Å². The molecule has 0 saturated carbocycles. The quantitative estimate of drug-likeness (QED) is 0.807. The van der Waals surface area contributed by atoms with E-state index >= 15 is 0 Å². The van der Waals surface area contributed by atoms with Crippen LogP contribution in [0.4, 0.5) is 15.8 Å². The largest absolute Gasteiger partial charge is 0.396 e. The Kier molecular flexibility index (Phi) is 4.07. The van der Waals surface area contributed by atoms with Gasteiger partial charge in [0.1, 0.15) is 5.82 Å². The average Bonchev–Trinajstić information content (AvgIpc) is 2.33. The van der Waals surface area contributed by atoms with Gasteiger partial charge < -0.3 is 11.1 Å². The van der Waals surface area contributed by atoms with E-state index in [1.54, 1.807) is 24.3 Å². The molecule has 0 saturated heterocycles. The van der Waals surface area contributed by atoms with Crippen LogP contribution < -0.4 is 11.1 Å². The summed E-state index contributed by atoms with van der Waals surface area (Å²) in [5.41, 5.74) is 6.16. The standard InChI is InChI=1S/C13H9BrClFN2O/c14-10-6-11(16)12(17)5-9(10)13(19)18-8-3-1-2-7(15)4-8/h1-6H,17H2,(H,18,19). The van der Waals surface area contributed by atoms with Crippen LogP contribution in [0.5, 0.6) is 0 Å². The van der Waals surface area contributed by atoms with Crippen molar-refractivity contribution >= 4 is 44.8 Å².